The summed E-state index contributed by atoms with van der Waals surface area (Å²) in [5, 5.41) is 1.15. The molecule has 0 radical (unpaired) electrons. The van der Waals surface area contributed by atoms with Crippen LogP contribution < -0.4 is 0 Å². The van der Waals surface area contributed by atoms with Crippen molar-refractivity contribution < 1.29 is 19.1 Å². The van der Waals surface area contributed by atoms with Crippen LogP contribution in [0.2, 0.25) is 0 Å². The Morgan fingerprint density at radius 2 is 1.48 bits per heavy atom. The number of aryl methyl sites for hydroxylation is 2. The zero-order chi connectivity index (χ0) is 34.7. The number of aromatic nitrogens is 1. The summed E-state index contributed by atoms with van der Waals surface area (Å²) in [7, 11) is 0. The van der Waals surface area contributed by atoms with Gasteiger partial charge < -0.3 is 9.47 Å². The van der Waals surface area contributed by atoms with Gasteiger partial charge in [-0.15, -0.1) is 11.3 Å². The molecule has 46 heavy (non-hydrogen) atoms. The number of pyridine rings is 1. The van der Waals surface area contributed by atoms with Crippen LogP contribution in [0.4, 0.5) is 0 Å². The predicted octanol–water partition coefficient (Wildman–Crippen LogP) is 11.9. The van der Waals surface area contributed by atoms with Crippen molar-refractivity contribution in [1.82, 2.24) is 4.98 Å². The number of benzene rings is 1. The summed E-state index contributed by atoms with van der Waals surface area (Å²) in [4.78, 5) is 29.3. The minimum Gasteiger partial charge on any atom is -0.462 e. The summed E-state index contributed by atoms with van der Waals surface area (Å²) in [5.41, 5.74) is 3.24. The Balaban J connectivity index is 0.000000610. The number of ether oxygens (including phenoxy) is 2. The molecule has 0 unspecified atom stereocenters. The Hall–Kier alpha value is -2.57. The summed E-state index contributed by atoms with van der Waals surface area (Å²) >= 11 is 1.54. The Bertz CT molecular complexity index is 1140. The molecule has 3 aromatic rings. The third kappa shape index (κ3) is 20.5. The van der Waals surface area contributed by atoms with Gasteiger partial charge in [0.1, 0.15) is 4.83 Å². The Morgan fingerprint density at radius 3 is 2.00 bits per heavy atom. The first-order valence-corrected chi connectivity index (χ1v) is 18.6. The van der Waals surface area contributed by atoms with Gasteiger partial charge in [0.25, 0.3) is 0 Å². The quantitative estimate of drug-likeness (QED) is 0.117. The molecule has 2 aromatic heterocycles. The third-order valence-electron chi connectivity index (χ3n) is 6.56. The molecule has 0 saturated heterocycles. The maximum atomic E-state index is 11.7. The molecule has 0 saturated carbocycles. The number of hydrogen-bond donors (Lipinski definition) is 0. The predicted molar refractivity (Wildman–Crippen MR) is 200 cm³/mol. The summed E-state index contributed by atoms with van der Waals surface area (Å²) < 4.78 is 10.1. The first kappa shape index (κ1) is 43.4. The van der Waals surface area contributed by atoms with Crippen LogP contribution in [-0.2, 0) is 22.3 Å². The smallest absolute Gasteiger partial charge is 0.338 e. The lowest BCUT2D eigenvalue weighted by Gasteiger charge is -2.13. The number of esters is 1. The number of fused-ring (bicyclic) bond motifs is 2. The van der Waals surface area contributed by atoms with Gasteiger partial charge in [-0.05, 0) is 87.1 Å². The minimum absolute atomic E-state index is 0.228. The molecule has 0 amide bonds. The van der Waals surface area contributed by atoms with Gasteiger partial charge in [-0.2, -0.15) is 0 Å². The van der Waals surface area contributed by atoms with E-state index >= 15 is 0 Å². The monoisotopic (exact) mass is 655 g/mol. The van der Waals surface area contributed by atoms with Crippen molar-refractivity contribution >= 4 is 33.3 Å². The highest BCUT2D eigenvalue weighted by atomic mass is 32.1. The van der Waals surface area contributed by atoms with Gasteiger partial charge in [-0.1, -0.05) is 99.8 Å². The van der Waals surface area contributed by atoms with Crippen LogP contribution in [0, 0.1) is 11.8 Å². The van der Waals surface area contributed by atoms with E-state index in [4.69, 9.17) is 14.5 Å². The molecule has 0 fully saturated rings. The standard InChI is InChI=1S/C14H15NOS.C9H10O2.C8H18O.C5H12.C4H10/c1-2-12(16)13-8-10-7-9-5-3-4-6-11(9)15-14(10)17-13;1-2-11-9(10)8-6-4-3-5-7-8;1-4-6-9-7-5-8(2)3;1-3-5-4-2;1-4(2)3/h7-8H,2-6H2,1H3;3-7H,2H2,1H3;8H,4-7H2,1-3H3;3-5H2,1-2H3;4H,1-3H3. The van der Waals surface area contributed by atoms with E-state index in [0.717, 1.165) is 59.4 Å². The maximum Gasteiger partial charge on any atom is 0.338 e. The number of carbonyl (C=O) groups is 2. The van der Waals surface area contributed by atoms with Crippen molar-refractivity contribution in [3.63, 3.8) is 0 Å². The van der Waals surface area contributed by atoms with Crippen LogP contribution in [0.1, 0.15) is 152 Å². The Labute approximate surface area is 285 Å². The molecule has 0 spiro atoms. The van der Waals surface area contributed by atoms with Crippen molar-refractivity contribution in [3.05, 3.63) is 64.2 Å². The van der Waals surface area contributed by atoms with Crippen LogP contribution in [0.5, 0.6) is 0 Å². The normalized spacial score (nSPS) is 11.5. The molecule has 1 aliphatic rings. The number of unbranched alkanes of at least 4 members (excludes halogenated alkanes) is 2. The highest BCUT2D eigenvalue weighted by Crippen LogP contribution is 2.29. The second-order valence-electron chi connectivity index (χ2n) is 12.6. The van der Waals surface area contributed by atoms with Gasteiger partial charge >= 0.3 is 5.97 Å². The van der Waals surface area contributed by atoms with E-state index < -0.39 is 0 Å². The summed E-state index contributed by atoms with van der Waals surface area (Å²) in [5.74, 6) is 1.58. The first-order chi connectivity index (χ1) is 22.0. The zero-order valence-electron chi connectivity index (χ0n) is 30.9. The van der Waals surface area contributed by atoms with E-state index in [1.165, 1.54) is 49.8 Å². The topological polar surface area (TPSA) is 65.5 Å². The van der Waals surface area contributed by atoms with Crippen molar-refractivity contribution in [2.24, 2.45) is 11.8 Å². The van der Waals surface area contributed by atoms with E-state index in [9.17, 15) is 9.59 Å². The lowest BCUT2D eigenvalue weighted by molar-refractivity contribution is 0.0526. The number of nitrogens with zero attached hydrogens (tertiary/aromatic N) is 1. The third-order valence-corrected chi connectivity index (χ3v) is 7.65. The first-order valence-electron chi connectivity index (χ1n) is 17.8. The lowest BCUT2D eigenvalue weighted by Crippen LogP contribution is -2.04. The van der Waals surface area contributed by atoms with Gasteiger partial charge in [0.15, 0.2) is 5.78 Å². The van der Waals surface area contributed by atoms with Crippen molar-refractivity contribution in [2.45, 2.75) is 133 Å². The molecule has 0 aliphatic heterocycles. The number of carbonyl (C=O) groups excluding carboxylic acids is 2. The molecular formula is C40H65NO4S. The molecule has 1 aromatic carbocycles. The van der Waals surface area contributed by atoms with Gasteiger partial charge in [-0.3, -0.25) is 4.79 Å². The SMILES string of the molecule is CC(C)C.CCC(=O)c1cc2cc3c(nc2s1)CCCC3.CCCCC.CCCOCCC(C)C.CCOC(=O)c1ccccc1. The molecule has 6 heteroatoms. The number of Topliss-reactive ketones (excluding diaryl/α,β-unsaturated/α-hetero) is 1. The fourth-order valence-corrected chi connectivity index (χ4v) is 5.16. The number of ketones is 1. The average Bonchev–Trinajstić information content (AvgIpc) is 3.46. The van der Waals surface area contributed by atoms with Gasteiger partial charge in [-0.25, -0.2) is 9.78 Å². The second kappa shape index (κ2) is 27.5. The highest BCUT2D eigenvalue weighted by molar-refractivity contribution is 7.20. The van der Waals surface area contributed by atoms with E-state index in [2.05, 4.69) is 61.5 Å². The second-order valence-corrected chi connectivity index (χ2v) is 13.6. The summed E-state index contributed by atoms with van der Waals surface area (Å²) in [6.07, 6.45) is 11.7. The number of rotatable bonds is 11. The van der Waals surface area contributed by atoms with Gasteiger partial charge in [0, 0.05) is 30.7 Å². The Morgan fingerprint density at radius 1 is 0.848 bits per heavy atom. The van der Waals surface area contributed by atoms with Crippen LogP contribution in [0.3, 0.4) is 0 Å². The molecule has 0 N–H and O–H groups in total. The van der Waals surface area contributed by atoms with Crippen LogP contribution in [-0.4, -0.2) is 36.6 Å². The van der Waals surface area contributed by atoms with Crippen LogP contribution in [0.15, 0.2) is 42.5 Å². The van der Waals surface area contributed by atoms with Crippen molar-refractivity contribution in [3.8, 4) is 0 Å². The summed E-state index contributed by atoms with van der Waals surface area (Å²) in [6.45, 7) is 23.5. The van der Waals surface area contributed by atoms with Crippen LogP contribution >= 0.6 is 11.3 Å². The van der Waals surface area contributed by atoms with E-state index in [0.29, 0.717) is 18.6 Å². The molecule has 0 bridgehead atoms. The molecule has 0 atom stereocenters. The maximum absolute atomic E-state index is 11.7. The zero-order valence-corrected chi connectivity index (χ0v) is 31.7. The van der Waals surface area contributed by atoms with Crippen molar-refractivity contribution in [1.29, 1.82) is 0 Å². The number of hydrogen-bond acceptors (Lipinski definition) is 6. The average molecular weight is 656 g/mol. The molecule has 4 rings (SSSR count). The fraction of sp³-hybridized carbons (Fsp3) is 0.625. The molecule has 5 nitrogen and oxygen atoms in total. The lowest BCUT2D eigenvalue weighted by atomic mass is 9.95. The largest absolute Gasteiger partial charge is 0.462 e. The van der Waals surface area contributed by atoms with E-state index in [1.807, 2.05) is 31.2 Å². The van der Waals surface area contributed by atoms with Gasteiger partial charge in [0.05, 0.1) is 17.0 Å². The van der Waals surface area contributed by atoms with Crippen LogP contribution in [0.25, 0.3) is 10.2 Å². The minimum atomic E-state index is -0.256. The molecule has 2 heterocycles. The molecule has 1 aliphatic carbocycles. The fourth-order valence-electron chi connectivity index (χ4n) is 4.11. The molecular weight excluding hydrogens is 591 g/mol. The van der Waals surface area contributed by atoms with Gasteiger partial charge in [0.2, 0.25) is 0 Å². The van der Waals surface area contributed by atoms with E-state index in [-0.39, 0.29) is 11.8 Å². The van der Waals surface area contributed by atoms with E-state index in [1.54, 1.807) is 30.4 Å². The summed E-state index contributed by atoms with van der Waals surface area (Å²) in [6, 6.07) is 13.2. The van der Waals surface area contributed by atoms with Crippen molar-refractivity contribution in [2.75, 3.05) is 19.8 Å². The molecule has 260 valence electrons. The number of thiophene rings is 1. The Kier molecular flexibility index (Phi) is 26.0. The highest BCUT2D eigenvalue weighted by Gasteiger charge is 2.15.